The fourth-order valence-electron chi connectivity index (χ4n) is 6.46. The van der Waals surface area contributed by atoms with Crippen LogP contribution in [0.15, 0.2) is 24.4 Å². The molecule has 4 bridgehead atoms. The summed E-state index contributed by atoms with van der Waals surface area (Å²) in [5.41, 5.74) is 0.432. The van der Waals surface area contributed by atoms with Crippen molar-refractivity contribution in [2.75, 3.05) is 19.5 Å². The van der Waals surface area contributed by atoms with Crippen molar-refractivity contribution in [1.29, 1.82) is 0 Å². The third-order valence-electron chi connectivity index (χ3n) is 7.47. The summed E-state index contributed by atoms with van der Waals surface area (Å²) >= 11 is 6.47. The molecule has 0 aliphatic heterocycles. The highest BCUT2D eigenvalue weighted by atomic mass is 35.5. The van der Waals surface area contributed by atoms with Gasteiger partial charge in [0.05, 0.1) is 41.6 Å². The molecule has 0 atom stereocenters. The van der Waals surface area contributed by atoms with Crippen LogP contribution in [-0.2, 0) is 15.0 Å². The smallest absolute Gasteiger partial charge is 0.339 e. The first kappa shape index (κ1) is 21.9. The minimum absolute atomic E-state index is 0.0705. The molecule has 6 rings (SSSR count). The molecule has 1 heterocycles. The number of ether oxygens (including phenoxy) is 2. The molecule has 2 aromatic rings. The molecule has 1 N–H and O–H groups in total. The molecule has 4 aliphatic rings. The largest absolute Gasteiger partial charge is 0.465 e. The lowest BCUT2D eigenvalue weighted by molar-refractivity contribution is -0.0494. The zero-order valence-corrected chi connectivity index (χ0v) is 19.4. The average molecular weight is 472 g/mol. The zero-order valence-electron chi connectivity index (χ0n) is 18.6. The summed E-state index contributed by atoms with van der Waals surface area (Å²) in [6, 6.07) is 4.21. The number of anilines is 1. The second-order valence-electron chi connectivity index (χ2n) is 9.61. The van der Waals surface area contributed by atoms with Gasteiger partial charge >= 0.3 is 11.9 Å². The van der Waals surface area contributed by atoms with Crippen molar-refractivity contribution in [2.45, 2.75) is 44.1 Å². The minimum Gasteiger partial charge on any atom is -0.465 e. The normalized spacial score (nSPS) is 27.3. The Kier molecular flexibility index (Phi) is 5.43. The number of nitrogens with zero attached hydrogens (tertiary/aromatic N) is 2. The van der Waals surface area contributed by atoms with Gasteiger partial charge in [-0.25, -0.2) is 9.59 Å². The molecule has 1 aromatic carbocycles. The van der Waals surface area contributed by atoms with Gasteiger partial charge < -0.3 is 14.8 Å². The molecular weight excluding hydrogens is 446 g/mol. The molecule has 33 heavy (non-hydrogen) atoms. The maximum atomic E-state index is 13.1. The highest BCUT2D eigenvalue weighted by molar-refractivity contribution is 6.34. The number of aromatic nitrogens is 2. The molecule has 8 nitrogen and oxygen atoms in total. The van der Waals surface area contributed by atoms with E-state index in [1.807, 2.05) is 4.68 Å². The van der Waals surface area contributed by atoms with Gasteiger partial charge in [-0.1, -0.05) is 11.6 Å². The maximum absolute atomic E-state index is 13.1. The highest BCUT2D eigenvalue weighted by Crippen LogP contribution is 2.58. The number of methoxy groups -OCH3 is 2. The number of halogens is 1. The lowest BCUT2D eigenvalue weighted by Gasteiger charge is -2.56. The molecule has 0 spiro atoms. The zero-order chi connectivity index (χ0) is 23.3. The van der Waals surface area contributed by atoms with E-state index < -0.39 is 17.8 Å². The predicted octanol–water partition coefficient (Wildman–Crippen LogP) is 4.29. The van der Waals surface area contributed by atoms with Crippen molar-refractivity contribution < 1.29 is 23.9 Å². The molecule has 4 saturated carbocycles. The molecule has 4 aliphatic carbocycles. The first-order chi connectivity index (χ1) is 15.8. The van der Waals surface area contributed by atoms with E-state index in [1.54, 1.807) is 6.20 Å². The van der Waals surface area contributed by atoms with Crippen LogP contribution in [0.5, 0.6) is 0 Å². The van der Waals surface area contributed by atoms with Gasteiger partial charge in [0.2, 0.25) is 0 Å². The van der Waals surface area contributed by atoms with E-state index in [0.717, 1.165) is 37.0 Å². The summed E-state index contributed by atoms with van der Waals surface area (Å²) < 4.78 is 11.5. The van der Waals surface area contributed by atoms with Gasteiger partial charge in [-0.2, -0.15) is 5.10 Å². The first-order valence-corrected chi connectivity index (χ1v) is 11.6. The first-order valence-electron chi connectivity index (χ1n) is 11.2. The molecule has 4 fully saturated rings. The quantitative estimate of drug-likeness (QED) is 0.653. The number of carbonyl (C=O) groups excluding carboxylic acids is 3. The molecule has 0 unspecified atom stereocenters. The highest BCUT2D eigenvalue weighted by Gasteiger charge is 2.52. The Bertz CT molecular complexity index is 1110. The van der Waals surface area contributed by atoms with Crippen molar-refractivity contribution >= 4 is 35.1 Å². The Balaban J connectivity index is 1.44. The number of hydrogen-bond acceptors (Lipinski definition) is 6. The number of benzene rings is 1. The molecular formula is C24H26ClN3O5. The fraction of sp³-hybridized carbons (Fsp3) is 0.500. The predicted molar refractivity (Wildman–Crippen MR) is 120 cm³/mol. The average Bonchev–Trinajstić information content (AvgIpc) is 3.19. The molecule has 1 amide bonds. The second-order valence-corrected chi connectivity index (χ2v) is 10.0. The summed E-state index contributed by atoms with van der Waals surface area (Å²) in [5, 5.41) is 7.57. The van der Waals surface area contributed by atoms with E-state index in [2.05, 4.69) is 10.4 Å². The summed E-state index contributed by atoms with van der Waals surface area (Å²) in [7, 11) is 2.50. The lowest BCUT2D eigenvalue weighted by Crippen LogP contribution is -2.52. The van der Waals surface area contributed by atoms with E-state index in [4.69, 9.17) is 21.1 Å². The number of amides is 1. The Hall–Kier alpha value is -2.87. The number of carbonyl (C=O) groups is 3. The second kappa shape index (κ2) is 8.17. The van der Waals surface area contributed by atoms with Gasteiger partial charge in [0.15, 0.2) is 5.69 Å². The standard InChI is InChI=1S/C24H26ClN3O5/c1-32-22(30)16-3-4-17(23(31)33-2)19(8-16)26-21(29)20-18(25)12-28(27-20)24-9-13-5-14(10-24)7-15(6-13)11-24/h3-4,8,12-15H,5-7,9-11H2,1-2H3,(H,26,29). The fourth-order valence-corrected chi connectivity index (χ4v) is 6.67. The molecule has 1 aromatic heterocycles. The van der Waals surface area contributed by atoms with Crippen molar-refractivity contribution in [1.82, 2.24) is 9.78 Å². The minimum atomic E-state index is -0.646. The maximum Gasteiger partial charge on any atom is 0.339 e. The van der Waals surface area contributed by atoms with Crippen LogP contribution < -0.4 is 5.32 Å². The van der Waals surface area contributed by atoms with Crippen molar-refractivity contribution in [2.24, 2.45) is 17.8 Å². The lowest BCUT2D eigenvalue weighted by atomic mass is 9.53. The summed E-state index contributed by atoms with van der Waals surface area (Å²) in [4.78, 5) is 37.3. The van der Waals surface area contributed by atoms with Crippen LogP contribution in [0.1, 0.15) is 69.7 Å². The van der Waals surface area contributed by atoms with E-state index in [1.165, 1.54) is 51.7 Å². The van der Waals surface area contributed by atoms with Gasteiger partial charge in [-0.05, 0) is 74.5 Å². The summed E-state index contributed by atoms with van der Waals surface area (Å²) in [5.74, 6) is 0.370. The molecule has 0 saturated heterocycles. The third kappa shape index (κ3) is 3.80. The van der Waals surface area contributed by atoms with Crippen LogP contribution in [0.2, 0.25) is 5.02 Å². The number of nitrogens with one attached hydrogen (secondary N) is 1. The number of hydrogen-bond donors (Lipinski definition) is 1. The number of rotatable bonds is 5. The van der Waals surface area contributed by atoms with Crippen LogP contribution in [0.25, 0.3) is 0 Å². The van der Waals surface area contributed by atoms with Crippen molar-refractivity contribution in [3.8, 4) is 0 Å². The van der Waals surface area contributed by atoms with E-state index in [-0.39, 0.29) is 33.1 Å². The summed E-state index contributed by atoms with van der Waals surface area (Å²) in [6.07, 6.45) is 8.89. The molecule has 9 heteroatoms. The van der Waals surface area contributed by atoms with Gasteiger partial charge in [0.1, 0.15) is 0 Å². The Morgan fingerprint density at radius 3 is 2.21 bits per heavy atom. The van der Waals surface area contributed by atoms with Crippen LogP contribution in [0.3, 0.4) is 0 Å². The van der Waals surface area contributed by atoms with Crippen LogP contribution in [0.4, 0.5) is 5.69 Å². The third-order valence-corrected chi connectivity index (χ3v) is 7.75. The van der Waals surface area contributed by atoms with Crippen LogP contribution in [0, 0.1) is 17.8 Å². The van der Waals surface area contributed by atoms with Gasteiger partial charge in [-0.15, -0.1) is 0 Å². The van der Waals surface area contributed by atoms with E-state index in [9.17, 15) is 14.4 Å². The number of esters is 2. The van der Waals surface area contributed by atoms with Crippen molar-refractivity contribution in [3.05, 3.63) is 46.2 Å². The Labute approximate surface area is 196 Å². The van der Waals surface area contributed by atoms with Gasteiger partial charge in [0.25, 0.3) is 5.91 Å². The molecule has 174 valence electrons. The van der Waals surface area contributed by atoms with Gasteiger partial charge in [0, 0.05) is 6.20 Å². The van der Waals surface area contributed by atoms with Gasteiger partial charge in [-0.3, -0.25) is 9.48 Å². The van der Waals surface area contributed by atoms with E-state index >= 15 is 0 Å². The Morgan fingerprint density at radius 2 is 1.64 bits per heavy atom. The molecule has 0 radical (unpaired) electrons. The SMILES string of the molecule is COC(=O)c1ccc(C(=O)OC)c(NC(=O)c2nn(C34CC5CC(CC(C5)C3)C4)cc2Cl)c1. The van der Waals surface area contributed by atoms with E-state index in [0.29, 0.717) is 0 Å². The van der Waals surface area contributed by atoms with Crippen molar-refractivity contribution in [3.63, 3.8) is 0 Å². The van der Waals surface area contributed by atoms with Crippen LogP contribution >= 0.6 is 11.6 Å². The van der Waals surface area contributed by atoms with Crippen LogP contribution in [-0.4, -0.2) is 41.8 Å². The topological polar surface area (TPSA) is 99.5 Å². The Morgan fingerprint density at radius 1 is 1.03 bits per heavy atom. The summed E-state index contributed by atoms with van der Waals surface area (Å²) in [6.45, 7) is 0. The monoisotopic (exact) mass is 471 g/mol.